The predicted molar refractivity (Wildman–Crippen MR) is 84.1 cm³/mol. The monoisotopic (exact) mass is 324 g/mol. The zero-order valence-electron chi connectivity index (χ0n) is 13.9. The molecule has 1 aliphatic heterocycles. The standard InChI is InChI=1S/C17H24O6/c1-4-22-16-9-14(12(10-19-2)8-15(16)20-3)17(18)23-13-6-5-7-21-11-13/h8-9,13H,4-7,10-11H2,1-3H3. The van der Waals surface area contributed by atoms with Gasteiger partial charge in [-0.2, -0.15) is 0 Å². The first-order valence-electron chi connectivity index (χ1n) is 7.81. The lowest BCUT2D eigenvalue weighted by Crippen LogP contribution is -2.28. The molecule has 1 aliphatic rings. The van der Waals surface area contributed by atoms with Crippen LogP contribution in [0.4, 0.5) is 0 Å². The summed E-state index contributed by atoms with van der Waals surface area (Å²) >= 11 is 0. The molecule has 23 heavy (non-hydrogen) atoms. The second kappa shape index (κ2) is 8.74. The Hall–Kier alpha value is -1.79. The lowest BCUT2D eigenvalue weighted by atomic mass is 10.1. The van der Waals surface area contributed by atoms with Crippen LogP contribution in [0.2, 0.25) is 0 Å². The van der Waals surface area contributed by atoms with E-state index in [9.17, 15) is 4.79 Å². The number of esters is 1. The molecule has 1 fully saturated rings. The van der Waals surface area contributed by atoms with Gasteiger partial charge in [-0.15, -0.1) is 0 Å². The highest BCUT2D eigenvalue weighted by molar-refractivity contribution is 5.92. The fourth-order valence-electron chi connectivity index (χ4n) is 2.51. The predicted octanol–water partition coefficient (Wildman–Crippen LogP) is 2.58. The molecule has 1 aromatic rings. The van der Waals surface area contributed by atoms with Crippen molar-refractivity contribution < 1.29 is 28.5 Å². The van der Waals surface area contributed by atoms with Crippen LogP contribution in [-0.4, -0.2) is 46.1 Å². The molecular weight excluding hydrogens is 300 g/mol. The van der Waals surface area contributed by atoms with Gasteiger partial charge < -0.3 is 23.7 Å². The van der Waals surface area contributed by atoms with Gasteiger partial charge in [-0.25, -0.2) is 4.79 Å². The van der Waals surface area contributed by atoms with Gasteiger partial charge in [0.15, 0.2) is 11.5 Å². The summed E-state index contributed by atoms with van der Waals surface area (Å²) in [7, 11) is 3.14. The molecule has 1 heterocycles. The van der Waals surface area contributed by atoms with Crippen LogP contribution in [0.15, 0.2) is 12.1 Å². The van der Waals surface area contributed by atoms with E-state index in [2.05, 4.69) is 0 Å². The van der Waals surface area contributed by atoms with Gasteiger partial charge in [0.05, 0.1) is 32.5 Å². The number of ether oxygens (including phenoxy) is 5. The highest BCUT2D eigenvalue weighted by Crippen LogP contribution is 2.32. The number of methoxy groups -OCH3 is 2. The molecular formula is C17H24O6. The lowest BCUT2D eigenvalue weighted by Gasteiger charge is -2.23. The highest BCUT2D eigenvalue weighted by atomic mass is 16.6. The SMILES string of the molecule is CCOc1cc(C(=O)OC2CCCOC2)c(COC)cc1OC. The minimum atomic E-state index is -0.392. The van der Waals surface area contributed by atoms with E-state index in [1.165, 1.54) is 0 Å². The van der Waals surface area contributed by atoms with Gasteiger partial charge in [-0.1, -0.05) is 0 Å². The average molecular weight is 324 g/mol. The van der Waals surface area contributed by atoms with E-state index in [0.29, 0.717) is 35.8 Å². The van der Waals surface area contributed by atoms with Crippen molar-refractivity contribution in [3.63, 3.8) is 0 Å². The highest BCUT2D eigenvalue weighted by Gasteiger charge is 2.23. The summed E-state index contributed by atoms with van der Waals surface area (Å²) in [6, 6.07) is 3.41. The lowest BCUT2D eigenvalue weighted by molar-refractivity contribution is -0.0307. The summed E-state index contributed by atoms with van der Waals surface area (Å²) in [4.78, 5) is 12.5. The molecule has 0 N–H and O–H groups in total. The molecule has 2 rings (SSSR count). The molecule has 1 saturated heterocycles. The summed E-state index contributed by atoms with van der Waals surface area (Å²) in [6.45, 7) is 3.80. The van der Waals surface area contributed by atoms with Crippen molar-refractivity contribution >= 4 is 5.97 Å². The van der Waals surface area contributed by atoms with Crippen LogP contribution in [0.3, 0.4) is 0 Å². The van der Waals surface area contributed by atoms with Crippen molar-refractivity contribution in [2.45, 2.75) is 32.5 Å². The molecule has 1 unspecified atom stereocenters. The van der Waals surface area contributed by atoms with Crippen LogP contribution in [0.25, 0.3) is 0 Å². The van der Waals surface area contributed by atoms with Crippen LogP contribution >= 0.6 is 0 Å². The Kier molecular flexibility index (Phi) is 6.67. The third-order valence-electron chi connectivity index (χ3n) is 3.60. The zero-order chi connectivity index (χ0) is 16.7. The fourth-order valence-corrected chi connectivity index (χ4v) is 2.51. The van der Waals surface area contributed by atoms with Gasteiger partial charge >= 0.3 is 5.97 Å². The molecule has 128 valence electrons. The van der Waals surface area contributed by atoms with E-state index in [1.807, 2.05) is 6.92 Å². The zero-order valence-corrected chi connectivity index (χ0v) is 13.9. The summed E-state index contributed by atoms with van der Waals surface area (Å²) < 4.78 is 26.9. The van der Waals surface area contributed by atoms with Crippen LogP contribution in [0.1, 0.15) is 35.7 Å². The smallest absolute Gasteiger partial charge is 0.338 e. The maximum Gasteiger partial charge on any atom is 0.338 e. The molecule has 6 nitrogen and oxygen atoms in total. The third kappa shape index (κ3) is 4.59. The second-order valence-electron chi connectivity index (χ2n) is 5.27. The van der Waals surface area contributed by atoms with Crippen molar-refractivity contribution in [3.8, 4) is 11.5 Å². The molecule has 0 bridgehead atoms. The fraction of sp³-hybridized carbons (Fsp3) is 0.588. The van der Waals surface area contributed by atoms with E-state index in [4.69, 9.17) is 23.7 Å². The Bertz CT molecular complexity index is 522. The van der Waals surface area contributed by atoms with Crippen LogP contribution in [0.5, 0.6) is 11.5 Å². The molecule has 6 heteroatoms. The molecule has 0 amide bonds. The van der Waals surface area contributed by atoms with Crippen molar-refractivity contribution in [1.29, 1.82) is 0 Å². The van der Waals surface area contributed by atoms with Gasteiger partial charge in [-0.3, -0.25) is 0 Å². The number of carbonyl (C=O) groups is 1. The maximum atomic E-state index is 12.5. The molecule has 1 atom stereocenters. The van der Waals surface area contributed by atoms with Crippen LogP contribution in [-0.2, 0) is 20.8 Å². The van der Waals surface area contributed by atoms with E-state index < -0.39 is 5.97 Å². The summed E-state index contributed by atoms with van der Waals surface area (Å²) in [5, 5.41) is 0. The second-order valence-corrected chi connectivity index (χ2v) is 5.27. The molecule has 0 aliphatic carbocycles. The Labute approximate surface area is 136 Å². The third-order valence-corrected chi connectivity index (χ3v) is 3.60. The first-order valence-corrected chi connectivity index (χ1v) is 7.81. The summed E-state index contributed by atoms with van der Waals surface area (Å²) in [5.74, 6) is 0.689. The molecule has 1 aromatic carbocycles. The van der Waals surface area contributed by atoms with Crippen molar-refractivity contribution in [2.24, 2.45) is 0 Å². The minimum absolute atomic E-state index is 0.204. The minimum Gasteiger partial charge on any atom is -0.493 e. The number of hydrogen-bond acceptors (Lipinski definition) is 6. The molecule has 0 aromatic heterocycles. The summed E-state index contributed by atoms with van der Waals surface area (Å²) in [5.41, 5.74) is 1.14. The van der Waals surface area contributed by atoms with Crippen molar-refractivity contribution in [1.82, 2.24) is 0 Å². The normalized spacial score (nSPS) is 17.6. The molecule has 0 spiro atoms. The van der Waals surface area contributed by atoms with Gasteiger partial charge in [0, 0.05) is 13.7 Å². The summed E-state index contributed by atoms with van der Waals surface area (Å²) in [6.07, 6.45) is 1.51. The quantitative estimate of drug-likeness (QED) is 0.718. The van der Waals surface area contributed by atoms with Crippen LogP contribution < -0.4 is 9.47 Å². The Balaban J connectivity index is 2.25. The number of carbonyl (C=O) groups excluding carboxylic acids is 1. The maximum absolute atomic E-state index is 12.5. The molecule has 0 radical (unpaired) electrons. The largest absolute Gasteiger partial charge is 0.493 e. The van der Waals surface area contributed by atoms with E-state index in [1.54, 1.807) is 26.4 Å². The van der Waals surface area contributed by atoms with Gasteiger partial charge in [0.1, 0.15) is 6.10 Å². The van der Waals surface area contributed by atoms with E-state index in [-0.39, 0.29) is 12.7 Å². The first kappa shape index (κ1) is 17.6. The topological polar surface area (TPSA) is 63.2 Å². The van der Waals surface area contributed by atoms with E-state index >= 15 is 0 Å². The van der Waals surface area contributed by atoms with Crippen LogP contribution in [0, 0.1) is 0 Å². The average Bonchev–Trinajstić information content (AvgIpc) is 2.57. The Morgan fingerprint density at radius 2 is 2.13 bits per heavy atom. The first-order chi connectivity index (χ1) is 11.2. The molecule has 0 saturated carbocycles. The number of hydrogen-bond donors (Lipinski definition) is 0. The van der Waals surface area contributed by atoms with Gasteiger partial charge in [0.2, 0.25) is 0 Å². The van der Waals surface area contributed by atoms with Crippen molar-refractivity contribution in [3.05, 3.63) is 23.3 Å². The Morgan fingerprint density at radius 3 is 2.74 bits per heavy atom. The van der Waals surface area contributed by atoms with Gasteiger partial charge in [-0.05, 0) is 37.5 Å². The number of rotatable bonds is 7. The Morgan fingerprint density at radius 1 is 1.30 bits per heavy atom. The van der Waals surface area contributed by atoms with Crippen molar-refractivity contribution in [2.75, 3.05) is 34.0 Å². The van der Waals surface area contributed by atoms with E-state index in [0.717, 1.165) is 19.4 Å². The number of benzene rings is 1. The van der Waals surface area contributed by atoms with Gasteiger partial charge in [0.25, 0.3) is 0 Å².